The lowest BCUT2D eigenvalue weighted by Gasteiger charge is -2.25. The van der Waals surface area contributed by atoms with Gasteiger partial charge in [-0.25, -0.2) is 4.79 Å². The molecular weight excluding hydrogens is 300 g/mol. The summed E-state index contributed by atoms with van der Waals surface area (Å²) >= 11 is 6.38. The van der Waals surface area contributed by atoms with Crippen molar-refractivity contribution >= 4 is 23.4 Å². The Kier molecular flexibility index (Phi) is 4.62. The maximum Gasteiger partial charge on any atom is 0.405 e. The number of benzene rings is 2. The average molecular weight is 319 g/mol. The third-order valence-electron chi connectivity index (χ3n) is 3.31. The van der Waals surface area contributed by atoms with Crippen LogP contribution in [0.5, 0.6) is 0 Å². The molecule has 0 aromatic heterocycles. The Balaban J connectivity index is 2.33. The van der Waals surface area contributed by atoms with Crippen LogP contribution in [0.25, 0.3) is 11.1 Å². The monoisotopic (exact) mass is 318 g/mol. The standard InChI is InChI=1S/C17H19ClN2O2/c1-17(2,22-16(20)21)10-12-8-14(18)13(9-15(12)19)11-6-4-3-5-7-11/h3-9H,10,19H2,1-2H3,(H2,20,21). The maximum absolute atomic E-state index is 10.9. The first-order valence-corrected chi connectivity index (χ1v) is 7.28. The van der Waals surface area contributed by atoms with Crippen molar-refractivity contribution in [3.05, 3.63) is 53.1 Å². The van der Waals surface area contributed by atoms with Crippen molar-refractivity contribution in [2.45, 2.75) is 25.9 Å². The van der Waals surface area contributed by atoms with E-state index in [-0.39, 0.29) is 0 Å². The average Bonchev–Trinajstić information content (AvgIpc) is 2.41. The van der Waals surface area contributed by atoms with E-state index in [1.54, 1.807) is 13.8 Å². The Morgan fingerprint density at radius 3 is 2.45 bits per heavy atom. The minimum absolute atomic E-state index is 0.427. The van der Waals surface area contributed by atoms with Crippen LogP contribution in [0.15, 0.2) is 42.5 Å². The summed E-state index contributed by atoms with van der Waals surface area (Å²) in [6.07, 6.45) is -0.383. The number of carbonyl (C=O) groups is 1. The third-order valence-corrected chi connectivity index (χ3v) is 3.62. The lowest BCUT2D eigenvalue weighted by molar-refractivity contribution is 0.0461. The molecule has 0 fully saturated rings. The van der Waals surface area contributed by atoms with Crippen LogP contribution >= 0.6 is 11.6 Å². The van der Waals surface area contributed by atoms with Crippen molar-refractivity contribution in [2.75, 3.05) is 5.73 Å². The van der Waals surface area contributed by atoms with Crippen LogP contribution in [0.3, 0.4) is 0 Å². The second-order valence-corrected chi connectivity index (χ2v) is 6.16. The quantitative estimate of drug-likeness (QED) is 0.836. The first-order chi connectivity index (χ1) is 10.3. The normalized spacial score (nSPS) is 11.2. The van der Waals surface area contributed by atoms with Crippen molar-refractivity contribution in [3.63, 3.8) is 0 Å². The van der Waals surface area contributed by atoms with E-state index in [1.807, 2.05) is 42.5 Å². The molecule has 0 saturated heterocycles. The van der Waals surface area contributed by atoms with E-state index in [0.29, 0.717) is 17.1 Å². The van der Waals surface area contributed by atoms with E-state index in [0.717, 1.165) is 16.7 Å². The highest BCUT2D eigenvalue weighted by molar-refractivity contribution is 6.33. The minimum Gasteiger partial charge on any atom is -0.443 e. The Labute approximate surface area is 135 Å². The fourth-order valence-corrected chi connectivity index (χ4v) is 2.69. The van der Waals surface area contributed by atoms with Crippen molar-refractivity contribution in [1.82, 2.24) is 0 Å². The molecule has 22 heavy (non-hydrogen) atoms. The number of hydrogen-bond donors (Lipinski definition) is 2. The van der Waals surface area contributed by atoms with E-state index in [9.17, 15) is 4.79 Å². The second kappa shape index (κ2) is 6.28. The van der Waals surface area contributed by atoms with Crippen molar-refractivity contribution in [3.8, 4) is 11.1 Å². The number of ether oxygens (including phenoxy) is 1. The van der Waals surface area contributed by atoms with Gasteiger partial charge >= 0.3 is 6.09 Å². The van der Waals surface area contributed by atoms with Crippen molar-refractivity contribution in [1.29, 1.82) is 0 Å². The van der Waals surface area contributed by atoms with E-state index < -0.39 is 11.7 Å². The first kappa shape index (κ1) is 16.2. The number of nitrogens with two attached hydrogens (primary N) is 2. The van der Waals surface area contributed by atoms with E-state index in [4.69, 9.17) is 27.8 Å². The summed E-state index contributed by atoms with van der Waals surface area (Å²) in [7, 11) is 0. The number of rotatable bonds is 4. The Bertz CT molecular complexity index is 685. The predicted molar refractivity (Wildman–Crippen MR) is 89.8 cm³/mol. The fraction of sp³-hybridized carbons (Fsp3) is 0.235. The largest absolute Gasteiger partial charge is 0.443 e. The highest BCUT2D eigenvalue weighted by Crippen LogP contribution is 2.33. The Hall–Kier alpha value is -2.20. The van der Waals surface area contributed by atoms with Gasteiger partial charge in [-0.05, 0) is 37.1 Å². The minimum atomic E-state index is -0.810. The molecule has 0 heterocycles. The molecule has 0 saturated carbocycles. The molecule has 0 bridgehead atoms. The molecule has 0 aliphatic rings. The highest BCUT2D eigenvalue weighted by Gasteiger charge is 2.24. The van der Waals surface area contributed by atoms with Crippen LogP contribution in [0.2, 0.25) is 5.02 Å². The van der Waals surface area contributed by atoms with Gasteiger partial charge in [0.25, 0.3) is 0 Å². The molecule has 0 atom stereocenters. The summed E-state index contributed by atoms with van der Waals surface area (Å²) in [5.41, 5.74) is 13.8. The lowest BCUT2D eigenvalue weighted by atomic mass is 9.94. The zero-order chi connectivity index (χ0) is 16.3. The molecule has 2 rings (SSSR count). The molecule has 0 aliphatic carbocycles. The number of anilines is 1. The molecule has 4 N–H and O–H groups in total. The number of carbonyl (C=O) groups excluding carboxylic acids is 1. The van der Waals surface area contributed by atoms with Crippen LogP contribution in [0.4, 0.5) is 10.5 Å². The van der Waals surface area contributed by atoms with Gasteiger partial charge in [-0.2, -0.15) is 0 Å². The molecule has 1 amide bonds. The zero-order valence-corrected chi connectivity index (χ0v) is 13.4. The van der Waals surface area contributed by atoms with Gasteiger partial charge in [0.1, 0.15) is 5.60 Å². The number of halogens is 1. The number of amides is 1. The van der Waals surface area contributed by atoms with E-state index >= 15 is 0 Å². The molecule has 2 aromatic carbocycles. The van der Waals surface area contributed by atoms with E-state index in [2.05, 4.69) is 0 Å². The summed E-state index contributed by atoms with van der Waals surface area (Å²) in [6, 6.07) is 13.4. The number of primary amides is 1. The molecule has 5 heteroatoms. The SMILES string of the molecule is CC(C)(Cc1cc(Cl)c(-c2ccccc2)cc1N)OC(N)=O. The molecular formula is C17H19ClN2O2. The van der Waals surface area contributed by atoms with Gasteiger partial charge in [0, 0.05) is 22.7 Å². The second-order valence-electron chi connectivity index (χ2n) is 5.75. The van der Waals surface area contributed by atoms with Crippen LogP contribution in [0.1, 0.15) is 19.4 Å². The van der Waals surface area contributed by atoms with E-state index in [1.165, 1.54) is 0 Å². The predicted octanol–water partition coefficient (Wildman–Crippen LogP) is 4.01. The summed E-state index contributed by atoms with van der Waals surface area (Å²) in [6.45, 7) is 3.55. The van der Waals surface area contributed by atoms with Gasteiger partial charge in [-0.3, -0.25) is 0 Å². The van der Waals surface area contributed by atoms with Gasteiger partial charge in [0.15, 0.2) is 0 Å². The molecule has 116 valence electrons. The first-order valence-electron chi connectivity index (χ1n) is 6.90. The van der Waals surface area contributed by atoms with Gasteiger partial charge in [-0.15, -0.1) is 0 Å². The van der Waals surface area contributed by atoms with Crippen molar-refractivity contribution in [2.24, 2.45) is 5.73 Å². The van der Waals surface area contributed by atoms with Gasteiger partial charge in [0.2, 0.25) is 0 Å². The molecule has 2 aromatic rings. The number of hydrogen-bond acceptors (Lipinski definition) is 3. The third kappa shape index (κ3) is 3.92. The molecule has 0 spiro atoms. The molecule has 0 aliphatic heterocycles. The summed E-state index contributed by atoms with van der Waals surface area (Å²) in [5, 5.41) is 0.602. The molecule has 0 radical (unpaired) electrons. The Morgan fingerprint density at radius 1 is 1.23 bits per heavy atom. The zero-order valence-electron chi connectivity index (χ0n) is 12.6. The summed E-state index contributed by atoms with van der Waals surface area (Å²) < 4.78 is 5.09. The summed E-state index contributed by atoms with van der Waals surface area (Å²) in [5.74, 6) is 0. The van der Waals surface area contributed by atoms with Gasteiger partial charge < -0.3 is 16.2 Å². The van der Waals surface area contributed by atoms with Crippen LogP contribution < -0.4 is 11.5 Å². The smallest absolute Gasteiger partial charge is 0.405 e. The molecule has 0 unspecified atom stereocenters. The van der Waals surface area contributed by atoms with Crippen LogP contribution in [-0.4, -0.2) is 11.7 Å². The number of nitrogen functional groups attached to an aromatic ring is 1. The van der Waals surface area contributed by atoms with Gasteiger partial charge in [-0.1, -0.05) is 41.9 Å². The Morgan fingerprint density at radius 2 is 1.86 bits per heavy atom. The highest BCUT2D eigenvalue weighted by atomic mass is 35.5. The van der Waals surface area contributed by atoms with Crippen LogP contribution in [-0.2, 0) is 11.2 Å². The topological polar surface area (TPSA) is 78.3 Å². The maximum atomic E-state index is 10.9. The lowest BCUT2D eigenvalue weighted by Crippen LogP contribution is -2.33. The van der Waals surface area contributed by atoms with Gasteiger partial charge in [0.05, 0.1) is 0 Å². The summed E-state index contributed by atoms with van der Waals surface area (Å²) in [4.78, 5) is 10.9. The fourth-order valence-electron chi connectivity index (χ4n) is 2.39. The van der Waals surface area contributed by atoms with Crippen LogP contribution in [0, 0.1) is 0 Å². The van der Waals surface area contributed by atoms with Crippen molar-refractivity contribution < 1.29 is 9.53 Å². The molecule has 4 nitrogen and oxygen atoms in total.